The van der Waals surface area contributed by atoms with Crippen molar-refractivity contribution in [3.8, 4) is 11.5 Å². The number of nitrogens with zero attached hydrogens (tertiary/aromatic N) is 1. The molecule has 0 radical (unpaired) electrons. The first kappa shape index (κ1) is 24.6. The van der Waals surface area contributed by atoms with Gasteiger partial charge in [-0.2, -0.15) is 0 Å². The number of likely N-dealkylation sites (N-methyl/N-ethyl adjacent to an activating group) is 1. The third-order valence-corrected chi connectivity index (χ3v) is 8.54. The molecular formula is C29H30N2O7. The molecule has 1 amide bonds. The summed E-state index contributed by atoms with van der Waals surface area (Å²) in [6.07, 6.45) is 4.86. The number of hydrogen-bond acceptors (Lipinski definition) is 7. The normalized spacial score (nSPS) is 28.3. The maximum Gasteiger partial charge on any atom is 0.343 e. The standard InChI is InChI=1S/C29H30N2O7/c1-31-14-13-29-19-10-11-21(32)27(29)38-26-22(12-7-17(25(26)29)15-20(19)31)37-28(36)16-5-8-18(9-6-16)30-23(33)3-2-4-24(34)35/h5-12,19-21,27,32H,2-4,13-15H2,1H3,(H,30,33)(H,34,35)/t19-,20+,21-,27-,29-/m0/s1. The van der Waals surface area contributed by atoms with Crippen LogP contribution in [-0.2, 0) is 21.4 Å². The largest absolute Gasteiger partial charge is 0.482 e. The molecule has 6 rings (SSSR count). The molecule has 198 valence electrons. The highest BCUT2D eigenvalue weighted by Gasteiger charge is 2.64. The summed E-state index contributed by atoms with van der Waals surface area (Å²) in [5.74, 6) is -0.656. The smallest absolute Gasteiger partial charge is 0.343 e. The van der Waals surface area contributed by atoms with Gasteiger partial charge in [0.2, 0.25) is 5.91 Å². The average Bonchev–Trinajstić information content (AvgIpc) is 3.24. The van der Waals surface area contributed by atoms with Crippen LogP contribution in [0.3, 0.4) is 0 Å². The van der Waals surface area contributed by atoms with Crippen LogP contribution in [0.4, 0.5) is 5.69 Å². The predicted octanol–water partition coefficient (Wildman–Crippen LogP) is 2.91. The van der Waals surface area contributed by atoms with Crippen molar-refractivity contribution in [3.05, 3.63) is 65.2 Å². The molecule has 9 heteroatoms. The van der Waals surface area contributed by atoms with Crippen molar-refractivity contribution >= 4 is 23.5 Å². The first-order valence-corrected chi connectivity index (χ1v) is 13.0. The number of aliphatic hydroxyl groups is 1. The number of aliphatic carboxylic acids is 1. The number of esters is 1. The molecule has 9 nitrogen and oxygen atoms in total. The molecule has 1 spiro atoms. The van der Waals surface area contributed by atoms with Crippen molar-refractivity contribution in [2.75, 3.05) is 18.9 Å². The summed E-state index contributed by atoms with van der Waals surface area (Å²) in [6, 6.07) is 10.5. The molecule has 1 fully saturated rings. The number of piperidine rings is 1. The van der Waals surface area contributed by atoms with Gasteiger partial charge in [-0.15, -0.1) is 0 Å². The van der Waals surface area contributed by atoms with E-state index >= 15 is 0 Å². The molecule has 4 aliphatic rings. The van der Waals surface area contributed by atoms with E-state index in [1.807, 2.05) is 12.1 Å². The number of ether oxygens (including phenoxy) is 2. The average molecular weight is 519 g/mol. The number of nitrogens with one attached hydrogen (secondary N) is 1. The van der Waals surface area contributed by atoms with Crippen molar-refractivity contribution < 1.29 is 34.1 Å². The Hall–Kier alpha value is -3.69. The van der Waals surface area contributed by atoms with E-state index in [9.17, 15) is 19.5 Å². The maximum atomic E-state index is 13.1. The van der Waals surface area contributed by atoms with Gasteiger partial charge in [0.05, 0.1) is 5.56 Å². The van der Waals surface area contributed by atoms with Crippen molar-refractivity contribution in [2.24, 2.45) is 5.92 Å². The molecule has 2 aliphatic carbocycles. The molecule has 5 atom stereocenters. The van der Waals surface area contributed by atoms with Crippen LogP contribution in [0.2, 0.25) is 0 Å². The summed E-state index contributed by atoms with van der Waals surface area (Å²) in [5.41, 5.74) is 2.74. The fourth-order valence-corrected chi connectivity index (χ4v) is 6.78. The summed E-state index contributed by atoms with van der Waals surface area (Å²) >= 11 is 0. The Kier molecular flexibility index (Phi) is 6.00. The third-order valence-electron chi connectivity index (χ3n) is 8.54. The molecule has 2 aliphatic heterocycles. The van der Waals surface area contributed by atoms with Gasteiger partial charge in [-0.3, -0.25) is 9.59 Å². The second-order valence-corrected chi connectivity index (χ2v) is 10.7. The molecule has 1 saturated heterocycles. The number of carboxylic acid groups (broad SMARTS) is 1. The molecule has 3 N–H and O–H groups in total. The quantitative estimate of drug-likeness (QED) is 0.290. The van der Waals surface area contributed by atoms with E-state index in [1.165, 1.54) is 5.56 Å². The number of aliphatic hydroxyl groups excluding tert-OH is 1. The number of carbonyl (C=O) groups excluding carboxylic acids is 2. The summed E-state index contributed by atoms with van der Waals surface area (Å²) in [6.45, 7) is 0.910. The summed E-state index contributed by atoms with van der Waals surface area (Å²) in [4.78, 5) is 38.1. The molecule has 0 aromatic heterocycles. The molecule has 0 saturated carbocycles. The Balaban J connectivity index is 1.21. The second kappa shape index (κ2) is 9.25. The maximum absolute atomic E-state index is 13.1. The predicted molar refractivity (Wildman–Crippen MR) is 137 cm³/mol. The molecule has 2 aromatic carbocycles. The number of benzene rings is 2. The summed E-state index contributed by atoms with van der Waals surface area (Å²) < 4.78 is 12.3. The van der Waals surface area contributed by atoms with E-state index < -0.39 is 24.1 Å². The van der Waals surface area contributed by atoms with Gasteiger partial charge in [0, 0.05) is 41.5 Å². The third kappa shape index (κ3) is 3.88. The highest BCUT2D eigenvalue weighted by molar-refractivity contribution is 5.94. The number of carbonyl (C=O) groups is 3. The van der Waals surface area contributed by atoms with Gasteiger partial charge in [-0.1, -0.05) is 18.2 Å². The zero-order valence-corrected chi connectivity index (χ0v) is 21.1. The van der Waals surface area contributed by atoms with E-state index in [2.05, 4.69) is 23.3 Å². The lowest BCUT2D eigenvalue weighted by Crippen LogP contribution is -2.64. The Morgan fingerprint density at radius 2 is 1.92 bits per heavy atom. The minimum atomic E-state index is -0.940. The van der Waals surface area contributed by atoms with Crippen LogP contribution < -0.4 is 14.8 Å². The van der Waals surface area contributed by atoms with Gasteiger partial charge in [0.1, 0.15) is 12.2 Å². The van der Waals surface area contributed by atoms with E-state index in [0.29, 0.717) is 28.8 Å². The van der Waals surface area contributed by atoms with Gasteiger partial charge in [-0.05, 0) is 68.8 Å². The Morgan fingerprint density at radius 1 is 1.13 bits per heavy atom. The Bertz CT molecular complexity index is 1340. The monoisotopic (exact) mass is 518 g/mol. The first-order chi connectivity index (χ1) is 18.3. The molecule has 2 bridgehead atoms. The topological polar surface area (TPSA) is 125 Å². The van der Waals surface area contributed by atoms with Gasteiger partial charge >= 0.3 is 11.9 Å². The number of anilines is 1. The van der Waals surface area contributed by atoms with Gasteiger partial charge < -0.3 is 29.9 Å². The van der Waals surface area contributed by atoms with Gasteiger partial charge in [0.15, 0.2) is 11.5 Å². The van der Waals surface area contributed by atoms with Gasteiger partial charge in [0.25, 0.3) is 0 Å². The van der Waals surface area contributed by atoms with Crippen molar-refractivity contribution in [3.63, 3.8) is 0 Å². The van der Waals surface area contributed by atoms with Crippen molar-refractivity contribution in [1.29, 1.82) is 0 Å². The van der Waals surface area contributed by atoms with Crippen LogP contribution in [0, 0.1) is 5.92 Å². The second-order valence-electron chi connectivity index (χ2n) is 10.7. The van der Waals surface area contributed by atoms with Crippen LogP contribution in [0.15, 0.2) is 48.6 Å². The van der Waals surface area contributed by atoms with Crippen LogP contribution in [0.1, 0.15) is 47.2 Å². The lowest BCUT2D eigenvalue weighted by atomic mass is 9.53. The van der Waals surface area contributed by atoms with Crippen LogP contribution in [0.25, 0.3) is 0 Å². The number of likely N-dealkylation sites (tertiary alicyclic amines) is 1. The van der Waals surface area contributed by atoms with Crippen LogP contribution in [0.5, 0.6) is 11.5 Å². The fourth-order valence-electron chi connectivity index (χ4n) is 6.78. The zero-order chi connectivity index (χ0) is 26.6. The van der Waals surface area contributed by atoms with Crippen LogP contribution in [-0.4, -0.2) is 64.8 Å². The molecule has 2 aromatic rings. The van der Waals surface area contributed by atoms with Crippen molar-refractivity contribution in [1.82, 2.24) is 4.90 Å². The highest BCUT2D eigenvalue weighted by atomic mass is 16.6. The van der Waals surface area contributed by atoms with E-state index in [-0.39, 0.29) is 36.5 Å². The van der Waals surface area contributed by atoms with E-state index in [0.717, 1.165) is 24.9 Å². The SMILES string of the molecule is CN1CC[C@]23c4c5ccc(OC(=O)c6ccc(NC(=O)CCCC(=O)O)cc6)c4O[C@H]2[C@@H](O)C=C[C@H]3[C@H]1C5. The molecule has 38 heavy (non-hydrogen) atoms. The van der Waals surface area contributed by atoms with Gasteiger partial charge in [-0.25, -0.2) is 4.79 Å². The van der Waals surface area contributed by atoms with Crippen LogP contribution >= 0.6 is 0 Å². The summed E-state index contributed by atoms with van der Waals surface area (Å²) in [7, 11) is 2.15. The fraction of sp³-hybridized carbons (Fsp3) is 0.414. The number of rotatable bonds is 7. The molecule has 0 unspecified atom stereocenters. The molecule has 2 heterocycles. The highest BCUT2D eigenvalue weighted by Crippen LogP contribution is 2.62. The number of amides is 1. The Labute approximate surface area is 220 Å². The number of carboxylic acids is 1. The first-order valence-electron chi connectivity index (χ1n) is 13.0. The lowest BCUT2D eigenvalue weighted by Gasteiger charge is -2.56. The zero-order valence-electron chi connectivity index (χ0n) is 21.1. The van der Waals surface area contributed by atoms with Crippen molar-refractivity contribution in [2.45, 2.75) is 55.8 Å². The number of hydrogen-bond donors (Lipinski definition) is 3. The Morgan fingerprint density at radius 3 is 2.68 bits per heavy atom. The molecular weight excluding hydrogens is 488 g/mol. The van der Waals surface area contributed by atoms with E-state index in [4.69, 9.17) is 14.6 Å². The van der Waals surface area contributed by atoms with E-state index in [1.54, 1.807) is 30.3 Å². The minimum Gasteiger partial charge on any atom is -0.482 e. The lowest BCUT2D eigenvalue weighted by molar-refractivity contribution is -0.137. The summed E-state index contributed by atoms with van der Waals surface area (Å²) in [5, 5.41) is 22.3. The minimum absolute atomic E-state index is 0.0672.